The predicted octanol–water partition coefficient (Wildman–Crippen LogP) is 2.55. The number of benzene rings is 1. The van der Waals surface area contributed by atoms with E-state index in [1.165, 1.54) is 0 Å². The van der Waals surface area contributed by atoms with Crippen LogP contribution < -0.4 is 5.73 Å². The molecule has 1 fully saturated rings. The molecular weight excluding hydrogens is 224 g/mol. The second-order valence-electron chi connectivity index (χ2n) is 4.06. The highest BCUT2D eigenvalue weighted by atomic mass is 35.5. The number of anilines is 1. The van der Waals surface area contributed by atoms with Crippen molar-refractivity contribution in [2.75, 3.05) is 12.3 Å². The molecule has 0 radical (unpaired) electrons. The van der Waals surface area contributed by atoms with Crippen LogP contribution in [-0.4, -0.2) is 23.4 Å². The Hall–Kier alpha value is -1.22. The second-order valence-corrected chi connectivity index (χ2v) is 4.47. The van der Waals surface area contributed by atoms with Crippen molar-refractivity contribution >= 4 is 23.2 Å². The standard InChI is InChI=1S/C12H15ClN2O/c1-2-15(9-4-5-9)12(16)10-6-3-8(14)7-11(10)13/h3,6-7,9H,2,4-5,14H2,1H3. The Labute approximate surface area is 100 Å². The van der Waals surface area contributed by atoms with Gasteiger partial charge in [0.2, 0.25) is 0 Å². The molecule has 1 aromatic rings. The summed E-state index contributed by atoms with van der Waals surface area (Å²) in [5, 5.41) is 0.434. The lowest BCUT2D eigenvalue weighted by Gasteiger charge is -2.21. The smallest absolute Gasteiger partial charge is 0.255 e. The van der Waals surface area contributed by atoms with E-state index in [0.717, 1.165) is 19.4 Å². The number of carbonyl (C=O) groups is 1. The molecule has 16 heavy (non-hydrogen) atoms. The first kappa shape index (κ1) is 11.3. The third kappa shape index (κ3) is 2.14. The van der Waals surface area contributed by atoms with Gasteiger partial charge in [-0.1, -0.05) is 11.6 Å². The van der Waals surface area contributed by atoms with Crippen molar-refractivity contribution < 1.29 is 4.79 Å². The van der Waals surface area contributed by atoms with E-state index in [-0.39, 0.29) is 5.91 Å². The fraction of sp³-hybridized carbons (Fsp3) is 0.417. The van der Waals surface area contributed by atoms with E-state index >= 15 is 0 Å². The Balaban J connectivity index is 2.25. The number of nitrogen functional groups attached to an aromatic ring is 1. The average molecular weight is 239 g/mol. The van der Waals surface area contributed by atoms with E-state index in [9.17, 15) is 4.79 Å². The maximum Gasteiger partial charge on any atom is 0.255 e. The molecule has 1 amide bonds. The first-order valence-electron chi connectivity index (χ1n) is 5.49. The number of nitrogens with two attached hydrogens (primary N) is 1. The van der Waals surface area contributed by atoms with Crippen molar-refractivity contribution in [2.45, 2.75) is 25.8 Å². The summed E-state index contributed by atoms with van der Waals surface area (Å²) in [5.41, 5.74) is 6.72. The summed E-state index contributed by atoms with van der Waals surface area (Å²) in [6, 6.07) is 5.44. The topological polar surface area (TPSA) is 46.3 Å². The van der Waals surface area contributed by atoms with Crippen LogP contribution in [0.1, 0.15) is 30.1 Å². The molecule has 0 atom stereocenters. The van der Waals surface area contributed by atoms with Crippen molar-refractivity contribution in [3.63, 3.8) is 0 Å². The third-order valence-corrected chi connectivity index (χ3v) is 3.13. The molecule has 1 aliphatic rings. The molecule has 2 rings (SSSR count). The molecule has 2 N–H and O–H groups in total. The minimum Gasteiger partial charge on any atom is -0.399 e. The van der Waals surface area contributed by atoms with E-state index in [1.807, 2.05) is 11.8 Å². The van der Waals surface area contributed by atoms with E-state index in [4.69, 9.17) is 17.3 Å². The molecule has 0 aliphatic heterocycles. The molecule has 1 saturated carbocycles. The van der Waals surface area contributed by atoms with Crippen molar-refractivity contribution in [3.8, 4) is 0 Å². The molecule has 1 aliphatic carbocycles. The number of carbonyl (C=O) groups excluding carboxylic acids is 1. The van der Waals surface area contributed by atoms with Crippen LogP contribution in [0.4, 0.5) is 5.69 Å². The molecule has 1 aromatic carbocycles. The fourth-order valence-electron chi connectivity index (χ4n) is 1.81. The van der Waals surface area contributed by atoms with Gasteiger partial charge in [-0.25, -0.2) is 0 Å². The predicted molar refractivity (Wildman–Crippen MR) is 65.6 cm³/mol. The molecule has 0 heterocycles. The number of rotatable bonds is 3. The Morgan fingerprint density at radius 1 is 1.56 bits per heavy atom. The lowest BCUT2D eigenvalue weighted by Crippen LogP contribution is -2.33. The van der Waals surface area contributed by atoms with Gasteiger partial charge in [-0.2, -0.15) is 0 Å². The van der Waals surface area contributed by atoms with Gasteiger partial charge < -0.3 is 10.6 Å². The Morgan fingerprint density at radius 3 is 2.75 bits per heavy atom. The van der Waals surface area contributed by atoms with Crippen molar-refractivity contribution in [1.29, 1.82) is 0 Å². The van der Waals surface area contributed by atoms with Crippen LogP contribution in [0.5, 0.6) is 0 Å². The highest BCUT2D eigenvalue weighted by Gasteiger charge is 2.32. The van der Waals surface area contributed by atoms with Gasteiger partial charge in [0.25, 0.3) is 5.91 Å². The Bertz CT molecular complexity index is 415. The maximum atomic E-state index is 12.2. The first-order valence-corrected chi connectivity index (χ1v) is 5.87. The summed E-state index contributed by atoms with van der Waals surface area (Å²) in [7, 11) is 0. The molecule has 0 saturated heterocycles. The van der Waals surface area contributed by atoms with Crippen LogP contribution in [-0.2, 0) is 0 Å². The van der Waals surface area contributed by atoms with Crippen LogP contribution in [0.25, 0.3) is 0 Å². The number of amides is 1. The lowest BCUT2D eigenvalue weighted by molar-refractivity contribution is 0.0753. The molecule has 0 unspecified atom stereocenters. The quantitative estimate of drug-likeness (QED) is 0.823. The minimum absolute atomic E-state index is 0.00926. The highest BCUT2D eigenvalue weighted by molar-refractivity contribution is 6.34. The second kappa shape index (κ2) is 4.34. The number of hydrogen-bond donors (Lipinski definition) is 1. The SMILES string of the molecule is CCN(C(=O)c1ccc(N)cc1Cl)C1CC1. The van der Waals surface area contributed by atoms with Crippen molar-refractivity contribution in [2.24, 2.45) is 0 Å². The summed E-state index contributed by atoms with van der Waals surface area (Å²) >= 11 is 6.02. The molecule has 0 bridgehead atoms. The van der Waals surface area contributed by atoms with Crippen LogP contribution in [0, 0.1) is 0 Å². The molecule has 0 spiro atoms. The van der Waals surface area contributed by atoms with Gasteiger partial charge in [0, 0.05) is 18.3 Å². The summed E-state index contributed by atoms with van der Waals surface area (Å²) in [6.45, 7) is 2.71. The Kier molecular flexibility index (Phi) is 3.06. The summed E-state index contributed by atoms with van der Waals surface area (Å²) in [6.07, 6.45) is 2.21. The first-order chi connectivity index (χ1) is 7.63. The van der Waals surface area contributed by atoms with Crippen LogP contribution >= 0.6 is 11.6 Å². The summed E-state index contributed by atoms with van der Waals surface area (Å²) < 4.78 is 0. The van der Waals surface area contributed by atoms with E-state index < -0.39 is 0 Å². The van der Waals surface area contributed by atoms with E-state index in [2.05, 4.69) is 0 Å². The molecule has 4 heteroatoms. The molecule has 3 nitrogen and oxygen atoms in total. The Morgan fingerprint density at radius 2 is 2.25 bits per heavy atom. The van der Waals surface area contributed by atoms with Gasteiger partial charge in [0.15, 0.2) is 0 Å². The van der Waals surface area contributed by atoms with E-state index in [0.29, 0.717) is 22.3 Å². The van der Waals surface area contributed by atoms with Gasteiger partial charge in [0.1, 0.15) is 0 Å². The zero-order valence-corrected chi connectivity index (χ0v) is 10.00. The zero-order chi connectivity index (χ0) is 11.7. The van der Waals surface area contributed by atoms with Crippen molar-refractivity contribution in [1.82, 2.24) is 4.90 Å². The molecule has 0 aromatic heterocycles. The summed E-state index contributed by atoms with van der Waals surface area (Å²) in [5.74, 6) is 0.00926. The number of hydrogen-bond acceptors (Lipinski definition) is 2. The van der Waals surface area contributed by atoms with Crippen LogP contribution in [0.3, 0.4) is 0 Å². The zero-order valence-electron chi connectivity index (χ0n) is 9.24. The molecule has 86 valence electrons. The number of halogens is 1. The van der Waals surface area contributed by atoms with Crippen molar-refractivity contribution in [3.05, 3.63) is 28.8 Å². The maximum absolute atomic E-state index is 12.2. The number of nitrogens with zero attached hydrogens (tertiary/aromatic N) is 1. The van der Waals surface area contributed by atoms with Crippen LogP contribution in [0.2, 0.25) is 5.02 Å². The third-order valence-electron chi connectivity index (χ3n) is 2.81. The van der Waals surface area contributed by atoms with Gasteiger partial charge in [-0.3, -0.25) is 4.79 Å². The highest BCUT2D eigenvalue weighted by Crippen LogP contribution is 2.29. The van der Waals surface area contributed by atoms with Gasteiger partial charge >= 0.3 is 0 Å². The largest absolute Gasteiger partial charge is 0.399 e. The van der Waals surface area contributed by atoms with Gasteiger partial charge in [-0.05, 0) is 38.0 Å². The monoisotopic (exact) mass is 238 g/mol. The minimum atomic E-state index is 0.00926. The summed E-state index contributed by atoms with van der Waals surface area (Å²) in [4.78, 5) is 14.1. The normalized spacial score (nSPS) is 14.9. The average Bonchev–Trinajstić information content (AvgIpc) is 3.02. The van der Waals surface area contributed by atoms with Gasteiger partial charge in [0.05, 0.1) is 10.6 Å². The fourth-order valence-corrected chi connectivity index (χ4v) is 2.08. The van der Waals surface area contributed by atoms with E-state index in [1.54, 1.807) is 18.2 Å². The molecular formula is C12H15ClN2O. The lowest BCUT2D eigenvalue weighted by atomic mass is 10.1. The van der Waals surface area contributed by atoms with Gasteiger partial charge in [-0.15, -0.1) is 0 Å². The van der Waals surface area contributed by atoms with Crippen LogP contribution in [0.15, 0.2) is 18.2 Å².